The summed E-state index contributed by atoms with van der Waals surface area (Å²) in [7, 11) is -3.80. The molecule has 1 unspecified atom stereocenters. The van der Waals surface area contributed by atoms with Gasteiger partial charge in [0.15, 0.2) is 0 Å². The number of fused-ring (bicyclic) bond motifs is 1. The summed E-state index contributed by atoms with van der Waals surface area (Å²) < 4.78 is 25.4. The van der Waals surface area contributed by atoms with E-state index in [1.165, 1.54) is 12.1 Å². The Bertz CT molecular complexity index is 1210. The van der Waals surface area contributed by atoms with Crippen molar-refractivity contribution < 1.29 is 13.2 Å². The van der Waals surface area contributed by atoms with Crippen LogP contribution in [0.15, 0.2) is 47.5 Å². The number of carbonyl (C=O) groups is 1. The number of sulfonamides is 1. The Morgan fingerprint density at radius 1 is 1.28 bits per heavy atom. The number of aromatic nitrogens is 3. The zero-order valence-electron chi connectivity index (χ0n) is 18.1. The second-order valence-corrected chi connectivity index (χ2v) is 9.62. The molecule has 3 aromatic rings. The summed E-state index contributed by atoms with van der Waals surface area (Å²) in [6.07, 6.45) is 4.34. The molecule has 0 spiro atoms. The van der Waals surface area contributed by atoms with Crippen molar-refractivity contribution >= 4 is 32.8 Å². The van der Waals surface area contributed by atoms with Crippen LogP contribution in [-0.2, 0) is 27.8 Å². The van der Waals surface area contributed by atoms with Gasteiger partial charge in [0.2, 0.25) is 15.9 Å². The molecule has 32 heavy (non-hydrogen) atoms. The number of imidazole rings is 1. The summed E-state index contributed by atoms with van der Waals surface area (Å²) in [6, 6.07) is 10.6. The van der Waals surface area contributed by atoms with Gasteiger partial charge in [-0.3, -0.25) is 4.79 Å². The Labute approximate surface area is 187 Å². The lowest BCUT2D eigenvalue weighted by Gasteiger charge is -2.17. The minimum atomic E-state index is -3.80. The molecule has 1 atom stereocenters. The maximum absolute atomic E-state index is 12.6. The van der Waals surface area contributed by atoms with Crippen molar-refractivity contribution in [2.45, 2.75) is 50.1 Å². The van der Waals surface area contributed by atoms with E-state index in [2.05, 4.69) is 27.1 Å². The first-order valence-corrected chi connectivity index (χ1v) is 12.4. The van der Waals surface area contributed by atoms with Gasteiger partial charge in [-0.1, -0.05) is 13.0 Å². The van der Waals surface area contributed by atoms with E-state index in [4.69, 9.17) is 5.14 Å². The lowest BCUT2D eigenvalue weighted by atomic mass is 10.2. The predicted molar refractivity (Wildman–Crippen MR) is 123 cm³/mol. The zero-order valence-corrected chi connectivity index (χ0v) is 18.9. The normalized spacial score (nSPS) is 16.6. The molecule has 1 fully saturated rings. The summed E-state index contributed by atoms with van der Waals surface area (Å²) >= 11 is 0. The highest BCUT2D eigenvalue weighted by Gasteiger charge is 2.25. The number of hydrogen-bond donors (Lipinski definition) is 2. The van der Waals surface area contributed by atoms with Crippen LogP contribution >= 0.6 is 0 Å². The second-order valence-electron chi connectivity index (χ2n) is 8.06. The van der Waals surface area contributed by atoms with Gasteiger partial charge in [0.25, 0.3) is 0 Å². The van der Waals surface area contributed by atoms with E-state index in [1.807, 2.05) is 22.8 Å². The van der Waals surface area contributed by atoms with Crippen LogP contribution in [0, 0.1) is 0 Å². The molecule has 3 N–H and O–H groups in total. The average Bonchev–Trinajstić information content (AvgIpc) is 3.37. The fraction of sp³-hybridized carbons (Fsp3) is 0.409. The summed E-state index contributed by atoms with van der Waals surface area (Å²) in [6.45, 7) is 4.41. The van der Waals surface area contributed by atoms with E-state index in [-0.39, 0.29) is 16.8 Å². The lowest BCUT2D eigenvalue weighted by molar-refractivity contribution is -0.121. The third-order valence-corrected chi connectivity index (χ3v) is 6.59. The monoisotopic (exact) mass is 456 g/mol. The Morgan fingerprint density at radius 2 is 2.12 bits per heavy atom. The number of nitrogens with zero attached hydrogens (tertiary/aromatic N) is 4. The van der Waals surface area contributed by atoms with Crippen LogP contribution in [0.25, 0.3) is 11.0 Å². The van der Waals surface area contributed by atoms with E-state index >= 15 is 0 Å². The maximum Gasteiger partial charge on any atom is 0.238 e. The molecule has 1 aliphatic heterocycles. The van der Waals surface area contributed by atoms with Crippen LogP contribution < -0.4 is 15.4 Å². The summed E-state index contributed by atoms with van der Waals surface area (Å²) in [5.41, 5.74) is 1.42. The van der Waals surface area contributed by atoms with Gasteiger partial charge in [-0.05, 0) is 43.2 Å². The number of hydrogen-bond acceptors (Lipinski definition) is 6. The number of benzene rings is 1. The maximum atomic E-state index is 12.6. The van der Waals surface area contributed by atoms with Gasteiger partial charge in [0.05, 0.1) is 15.9 Å². The standard InChI is InChI=1S/C22H28N6O3S/c1-2-12-28-19-7-6-17(32(23,30)31)14-18(19)26-21(28)8-9-22(29)25-16-10-13-27(15-16)20-5-3-4-11-24-20/h3-7,11,14,16H,2,8-10,12-13,15H2,1H3,(H,25,29)(H2,23,30,31). The molecule has 1 amide bonds. The number of nitrogens with two attached hydrogens (primary N) is 1. The van der Waals surface area contributed by atoms with E-state index in [1.54, 1.807) is 12.3 Å². The van der Waals surface area contributed by atoms with Crippen molar-refractivity contribution in [3.8, 4) is 0 Å². The molecule has 0 saturated carbocycles. The highest BCUT2D eigenvalue weighted by Crippen LogP contribution is 2.22. The number of amides is 1. The first-order valence-electron chi connectivity index (χ1n) is 10.8. The van der Waals surface area contributed by atoms with Gasteiger partial charge in [-0.2, -0.15) is 0 Å². The minimum absolute atomic E-state index is 0.0156. The van der Waals surface area contributed by atoms with Gasteiger partial charge in [0.1, 0.15) is 11.6 Å². The molecule has 170 valence electrons. The first-order chi connectivity index (χ1) is 15.3. The topological polar surface area (TPSA) is 123 Å². The largest absolute Gasteiger partial charge is 0.354 e. The van der Waals surface area contributed by atoms with Gasteiger partial charge >= 0.3 is 0 Å². The molecule has 10 heteroatoms. The van der Waals surface area contributed by atoms with E-state index in [0.717, 1.165) is 49.6 Å². The number of rotatable bonds is 8. The van der Waals surface area contributed by atoms with Crippen molar-refractivity contribution in [1.29, 1.82) is 0 Å². The molecule has 3 heterocycles. The average molecular weight is 457 g/mol. The zero-order chi connectivity index (χ0) is 22.7. The number of nitrogens with one attached hydrogen (secondary N) is 1. The Kier molecular flexibility index (Phi) is 6.43. The third kappa shape index (κ3) is 4.91. The van der Waals surface area contributed by atoms with Gasteiger partial charge in [-0.25, -0.2) is 23.5 Å². The molecular weight excluding hydrogens is 428 g/mol. The van der Waals surface area contributed by atoms with Crippen molar-refractivity contribution in [3.63, 3.8) is 0 Å². The van der Waals surface area contributed by atoms with Gasteiger partial charge in [-0.15, -0.1) is 0 Å². The highest BCUT2D eigenvalue weighted by molar-refractivity contribution is 7.89. The van der Waals surface area contributed by atoms with Crippen LogP contribution in [0.5, 0.6) is 0 Å². The van der Waals surface area contributed by atoms with E-state index in [0.29, 0.717) is 18.4 Å². The molecule has 1 aliphatic rings. The number of primary sulfonamides is 1. The Hall–Kier alpha value is -2.98. The number of carbonyl (C=O) groups excluding carboxylic acids is 1. The molecule has 9 nitrogen and oxygen atoms in total. The third-order valence-electron chi connectivity index (χ3n) is 5.68. The Balaban J connectivity index is 1.41. The van der Waals surface area contributed by atoms with Gasteiger partial charge in [0, 0.05) is 44.7 Å². The number of aryl methyl sites for hydroxylation is 2. The van der Waals surface area contributed by atoms with E-state index in [9.17, 15) is 13.2 Å². The van der Waals surface area contributed by atoms with Gasteiger partial charge < -0.3 is 14.8 Å². The quantitative estimate of drug-likeness (QED) is 0.533. The smallest absolute Gasteiger partial charge is 0.238 e. The van der Waals surface area contributed by atoms with Crippen LogP contribution in [0.2, 0.25) is 0 Å². The fourth-order valence-corrected chi connectivity index (χ4v) is 4.69. The minimum Gasteiger partial charge on any atom is -0.354 e. The van der Waals surface area contributed by atoms with E-state index < -0.39 is 10.0 Å². The first kappa shape index (κ1) is 22.2. The fourth-order valence-electron chi connectivity index (χ4n) is 4.15. The Morgan fingerprint density at radius 3 is 2.84 bits per heavy atom. The van der Waals surface area contributed by atoms with Crippen LogP contribution in [0.3, 0.4) is 0 Å². The molecule has 1 aromatic carbocycles. The molecule has 0 aliphatic carbocycles. The number of anilines is 1. The van der Waals surface area contributed by atoms with Crippen LogP contribution in [0.1, 0.15) is 32.0 Å². The number of pyridine rings is 1. The molecule has 0 bridgehead atoms. The van der Waals surface area contributed by atoms with Crippen molar-refractivity contribution in [2.75, 3.05) is 18.0 Å². The summed E-state index contributed by atoms with van der Waals surface area (Å²) in [5.74, 6) is 1.68. The highest BCUT2D eigenvalue weighted by atomic mass is 32.2. The van der Waals surface area contributed by atoms with Crippen molar-refractivity contribution in [3.05, 3.63) is 48.4 Å². The van der Waals surface area contributed by atoms with Crippen molar-refractivity contribution in [1.82, 2.24) is 19.9 Å². The molecule has 1 saturated heterocycles. The lowest BCUT2D eigenvalue weighted by Crippen LogP contribution is -2.37. The molecule has 0 radical (unpaired) electrons. The SMILES string of the molecule is CCCn1c(CCC(=O)NC2CCN(c3ccccn3)C2)nc2cc(S(N)(=O)=O)ccc21. The van der Waals surface area contributed by atoms with Crippen molar-refractivity contribution in [2.24, 2.45) is 5.14 Å². The summed E-state index contributed by atoms with van der Waals surface area (Å²) in [4.78, 5) is 23.8. The molecular formula is C22H28N6O3S. The molecule has 2 aromatic heterocycles. The van der Waals surface area contributed by atoms with Crippen LogP contribution in [-0.4, -0.2) is 48.0 Å². The second kappa shape index (κ2) is 9.25. The van der Waals surface area contributed by atoms with Crippen LogP contribution in [0.4, 0.5) is 5.82 Å². The predicted octanol–water partition coefficient (Wildman–Crippen LogP) is 1.82. The molecule has 4 rings (SSSR count). The summed E-state index contributed by atoms with van der Waals surface area (Å²) in [5, 5.41) is 8.37.